The zero-order valence-corrected chi connectivity index (χ0v) is 13.3. The minimum atomic E-state index is -1.05. The van der Waals surface area contributed by atoms with Crippen molar-refractivity contribution < 1.29 is 19.4 Å². The Morgan fingerprint density at radius 1 is 1.32 bits per heavy atom. The highest BCUT2D eigenvalue weighted by atomic mass is 16.5. The van der Waals surface area contributed by atoms with Crippen molar-refractivity contribution in [2.45, 2.75) is 46.1 Å². The van der Waals surface area contributed by atoms with Gasteiger partial charge in [0.1, 0.15) is 18.4 Å². The van der Waals surface area contributed by atoms with E-state index in [0.29, 0.717) is 0 Å². The summed E-state index contributed by atoms with van der Waals surface area (Å²) in [6.45, 7) is 5.12. The number of nitrogens with one attached hydrogen (secondary N) is 1. The molecule has 0 fully saturated rings. The molecule has 0 spiro atoms. The van der Waals surface area contributed by atoms with Crippen LogP contribution in [0, 0.1) is 5.41 Å². The molecule has 1 unspecified atom stereocenters. The number of hydrogen-bond acceptors (Lipinski definition) is 3. The van der Waals surface area contributed by atoms with Crippen LogP contribution in [-0.2, 0) is 22.4 Å². The average molecular weight is 305 g/mol. The summed E-state index contributed by atoms with van der Waals surface area (Å²) in [5.41, 5.74) is 1.89. The first kappa shape index (κ1) is 16.3. The highest BCUT2D eigenvalue weighted by Crippen LogP contribution is 2.27. The largest absolute Gasteiger partial charge is 0.492 e. The lowest BCUT2D eigenvalue weighted by molar-refractivity contribution is -0.143. The van der Waals surface area contributed by atoms with Gasteiger partial charge in [-0.2, -0.15) is 0 Å². The summed E-state index contributed by atoms with van der Waals surface area (Å²) >= 11 is 0. The minimum Gasteiger partial charge on any atom is -0.492 e. The summed E-state index contributed by atoms with van der Waals surface area (Å²) in [6.07, 6.45) is 3.38. The van der Waals surface area contributed by atoms with E-state index in [1.54, 1.807) is 13.8 Å². The molecule has 0 aromatic heterocycles. The number of amides is 1. The number of hydrogen-bond donors (Lipinski definition) is 2. The SMILES string of the molecule is CC(NC(=O)C(C)(C)COc1ccc2c(c1)CCC2)C(=O)O. The maximum absolute atomic E-state index is 12.1. The van der Waals surface area contributed by atoms with Gasteiger partial charge < -0.3 is 15.2 Å². The Kier molecular flexibility index (Phi) is 4.74. The molecule has 0 radical (unpaired) electrons. The molecule has 5 nitrogen and oxygen atoms in total. The molecule has 0 bridgehead atoms. The van der Waals surface area contributed by atoms with Crippen molar-refractivity contribution >= 4 is 11.9 Å². The number of aryl methyl sites for hydroxylation is 2. The third-order valence-corrected chi connectivity index (χ3v) is 4.00. The van der Waals surface area contributed by atoms with Crippen molar-refractivity contribution in [3.63, 3.8) is 0 Å². The normalized spacial score (nSPS) is 15.0. The lowest BCUT2D eigenvalue weighted by Gasteiger charge is -2.25. The third-order valence-electron chi connectivity index (χ3n) is 4.00. The summed E-state index contributed by atoms with van der Waals surface area (Å²) in [5.74, 6) is -0.625. The Balaban J connectivity index is 1.94. The zero-order chi connectivity index (χ0) is 16.3. The number of rotatable bonds is 6. The Labute approximate surface area is 130 Å². The zero-order valence-electron chi connectivity index (χ0n) is 13.3. The number of carbonyl (C=O) groups excluding carboxylic acids is 1. The van der Waals surface area contributed by atoms with E-state index < -0.39 is 17.4 Å². The van der Waals surface area contributed by atoms with Gasteiger partial charge in [0.25, 0.3) is 0 Å². The average Bonchev–Trinajstić information content (AvgIpc) is 2.92. The van der Waals surface area contributed by atoms with Crippen molar-refractivity contribution in [3.05, 3.63) is 29.3 Å². The highest BCUT2D eigenvalue weighted by molar-refractivity contribution is 5.86. The van der Waals surface area contributed by atoms with E-state index in [0.717, 1.165) is 18.6 Å². The molecule has 2 N–H and O–H groups in total. The fourth-order valence-corrected chi connectivity index (χ4v) is 2.42. The molecule has 0 aliphatic heterocycles. The fraction of sp³-hybridized carbons (Fsp3) is 0.529. The molecule has 120 valence electrons. The summed E-state index contributed by atoms with van der Waals surface area (Å²) in [7, 11) is 0. The number of aliphatic carboxylic acids is 1. The van der Waals surface area contributed by atoms with Gasteiger partial charge in [0.05, 0.1) is 5.41 Å². The standard InChI is InChI=1S/C17H23NO4/c1-11(15(19)20)18-16(21)17(2,3)10-22-14-8-7-12-5-4-6-13(12)9-14/h7-9,11H,4-6,10H2,1-3H3,(H,18,21)(H,19,20). The molecule has 2 rings (SSSR count). The molecule has 1 aromatic carbocycles. The van der Waals surface area contributed by atoms with E-state index in [1.807, 2.05) is 12.1 Å². The summed E-state index contributed by atoms with van der Waals surface area (Å²) < 4.78 is 5.75. The highest BCUT2D eigenvalue weighted by Gasteiger charge is 2.31. The molecule has 1 aromatic rings. The Morgan fingerprint density at radius 2 is 2.00 bits per heavy atom. The van der Waals surface area contributed by atoms with E-state index in [9.17, 15) is 9.59 Å². The lowest BCUT2D eigenvalue weighted by Crippen LogP contribution is -2.47. The van der Waals surface area contributed by atoms with E-state index in [4.69, 9.17) is 9.84 Å². The van der Waals surface area contributed by atoms with Crippen LogP contribution in [0.15, 0.2) is 18.2 Å². The molecule has 0 saturated heterocycles. The summed E-state index contributed by atoms with van der Waals surface area (Å²) in [5, 5.41) is 11.3. The van der Waals surface area contributed by atoms with Crippen LogP contribution in [0.25, 0.3) is 0 Å². The van der Waals surface area contributed by atoms with Crippen molar-refractivity contribution in [2.75, 3.05) is 6.61 Å². The predicted molar refractivity (Wildman–Crippen MR) is 83.0 cm³/mol. The van der Waals surface area contributed by atoms with Crippen molar-refractivity contribution in [3.8, 4) is 5.75 Å². The number of carboxylic acids is 1. The molecular formula is C17H23NO4. The molecule has 1 aliphatic carbocycles. The maximum Gasteiger partial charge on any atom is 0.325 e. The van der Waals surface area contributed by atoms with Gasteiger partial charge in [-0.15, -0.1) is 0 Å². The van der Waals surface area contributed by atoms with Crippen LogP contribution in [0.3, 0.4) is 0 Å². The molecule has 0 heterocycles. The van der Waals surface area contributed by atoms with Gasteiger partial charge >= 0.3 is 5.97 Å². The molecule has 1 aliphatic rings. The molecular weight excluding hydrogens is 282 g/mol. The molecule has 5 heteroatoms. The molecule has 0 saturated carbocycles. The number of fused-ring (bicyclic) bond motifs is 1. The van der Waals surface area contributed by atoms with Crippen molar-refractivity contribution in [2.24, 2.45) is 5.41 Å². The van der Waals surface area contributed by atoms with Crippen LogP contribution >= 0.6 is 0 Å². The quantitative estimate of drug-likeness (QED) is 0.844. The monoisotopic (exact) mass is 305 g/mol. The first-order valence-corrected chi connectivity index (χ1v) is 7.58. The first-order valence-electron chi connectivity index (χ1n) is 7.58. The molecule has 22 heavy (non-hydrogen) atoms. The number of carboxylic acid groups (broad SMARTS) is 1. The van der Waals surface area contributed by atoms with Crippen LogP contribution in [-0.4, -0.2) is 29.6 Å². The predicted octanol–water partition coefficient (Wildman–Crippen LogP) is 2.17. The topological polar surface area (TPSA) is 75.6 Å². The fourth-order valence-electron chi connectivity index (χ4n) is 2.42. The van der Waals surface area contributed by atoms with E-state index >= 15 is 0 Å². The third kappa shape index (κ3) is 3.78. The lowest BCUT2D eigenvalue weighted by atomic mass is 9.93. The van der Waals surface area contributed by atoms with Gasteiger partial charge in [0, 0.05) is 0 Å². The Morgan fingerprint density at radius 3 is 2.68 bits per heavy atom. The van der Waals surface area contributed by atoms with E-state index in [-0.39, 0.29) is 12.5 Å². The molecule has 1 atom stereocenters. The van der Waals surface area contributed by atoms with Gasteiger partial charge in [-0.25, -0.2) is 0 Å². The van der Waals surface area contributed by atoms with E-state index in [1.165, 1.54) is 24.5 Å². The van der Waals surface area contributed by atoms with E-state index in [2.05, 4.69) is 11.4 Å². The smallest absolute Gasteiger partial charge is 0.325 e. The van der Waals surface area contributed by atoms with Crippen LogP contribution in [0.5, 0.6) is 5.75 Å². The van der Waals surface area contributed by atoms with Crippen LogP contribution in [0.2, 0.25) is 0 Å². The second-order valence-electron chi connectivity index (χ2n) is 6.49. The second-order valence-corrected chi connectivity index (χ2v) is 6.49. The molecule has 1 amide bonds. The van der Waals surface area contributed by atoms with Gasteiger partial charge in [-0.05, 0) is 63.3 Å². The summed E-state index contributed by atoms with van der Waals surface area (Å²) in [6, 6.07) is 5.14. The van der Waals surface area contributed by atoms with Gasteiger partial charge in [0.15, 0.2) is 0 Å². The van der Waals surface area contributed by atoms with Gasteiger partial charge in [0.2, 0.25) is 5.91 Å². The second kappa shape index (κ2) is 6.38. The van der Waals surface area contributed by atoms with Gasteiger partial charge in [-0.1, -0.05) is 6.07 Å². The van der Waals surface area contributed by atoms with Crippen LogP contribution < -0.4 is 10.1 Å². The first-order chi connectivity index (χ1) is 10.3. The minimum absolute atomic E-state index is 0.198. The van der Waals surface area contributed by atoms with Crippen LogP contribution in [0.1, 0.15) is 38.3 Å². The number of benzene rings is 1. The number of carbonyl (C=O) groups is 2. The Bertz CT molecular complexity index is 580. The summed E-state index contributed by atoms with van der Waals surface area (Å²) in [4.78, 5) is 22.9. The van der Waals surface area contributed by atoms with Crippen molar-refractivity contribution in [1.29, 1.82) is 0 Å². The maximum atomic E-state index is 12.1. The number of ether oxygens (including phenoxy) is 1. The van der Waals surface area contributed by atoms with Crippen molar-refractivity contribution in [1.82, 2.24) is 5.32 Å². The van der Waals surface area contributed by atoms with Crippen LogP contribution in [0.4, 0.5) is 0 Å². The Hall–Kier alpha value is -2.04. The van der Waals surface area contributed by atoms with Gasteiger partial charge in [-0.3, -0.25) is 9.59 Å².